The SMILES string of the molecule is CCNC(=NCC(C)(O)CN1CCOCC1)NCCOc1ccccc1. The Labute approximate surface area is 156 Å². The molecule has 1 aromatic rings. The third kappa shape index (κ3) is 8.03. The van der Waals surface area contributed by atoms with Crippen molar-refractivity contribution in [2.45, 2.75) is 19.4 Å². The number of nitrogens with zero attached hydrogens (tertiary/aromatic N) is 2. The standard InChI is InChI=1S/C19H32N4O3/c1-3-20-18(21-9-12-26-17-7-5-4-6-8-17)22-15-19(2,24)16-23-10-13-25-14-11-23/h4-8,24H,3,9-16H2,1-2H3,(H2,20,21,22). The molecule has 1 aromatic carbocycles. The van der Waals surface area contributed by atoms with Crippen LogP contribution >= 0.6 is 0 Å². The molecule has 1 aliphatic heterocycles. The molecule has 0 saturated carbocycles. The maximum atomic E-state index is 10.6. The molecular weight excluding hydrogens is 332 g/mol. The van der Waals surface area contributed by atoms with E-state index in [4.69, 9.17) is 9.47 Å². The summed E-state index contributed by atoms with van der Waals surface area (Å²) in [5, 5.41) is 17.1. The molecule has 1 aliphatic rings. The number of hydrogen-bond acceptors (Lipinski definition) is 5. The van der Waals surface area contributed by atoms with E-state index >= 15 is 0 Å². The van der Waals surface area contributed by atoms with Crippen molar-refractivity contribution < 1.29 is 14.6 Å². The van der Waals surface area contributed by atoms with Crippen molar-refractivity contribution in [2.75, 3.05) is 59.1 Å². The highest BCUT2D eigenvalue weighted by molar-refractivity contribution is 5.79. The number of rotatable bonds is 9. The topological polar surface area (TPSA) is 78.4 Å². The minimum absolute atomic E-state index is 0.333. The van der Waals surface area contributed by atoms with Crippen molar-refractivity contribution in [3.8, 4) is 5.75 Å². The quantitative estimate of drug-likeness (QED) is 0.340. The molecule has 0 spiro atoms. The number of aliphatic hydroxyl groups is 1. The summed E-state index contributed by atoms with van der Waals surface area (Å²) in [4.78, 5) is 6.74. The van der Waals surface area contributed by atoms with Crippen LogP contribution in [-0.2, 0) is 4.74 Å². The number of β-amino-alcohol motifs (C(OH)–C–C–N with tert-alkyl or cyclic N) is 1. The Hall–Kier alpha value is -1.83. The van der Waals surface area contributed by atoms with Crippen molar-refractivity contribution in [3.63, 3.8) is 0 Å². The monoisotopic (exact) mass is 364 g/mol. The zero-order valence-electron chi connectivity index (χ0n) is 15.9. The lowest BCUT2D eigenvalue weighted by atomic mass is 10.1. The van der Waals surface area contributed by atoms with Crippen LogP contribution in [0.25, 0.3) is 0 Å². The van der Waals surface area contributed by atoms with Crippen LogP contribution in [0.2, 0.25) is 0 Å². The lowest BCUT2D eigenvalue weighted by molar-refractivity contribution is -0.0179. The van der Waals surface area contributed by atoms with Crippen molar-refractivity contribution in [2.24, 2.45) is 4.99 Å². The molecule has 7 heteroatoms. The predicted molar refractivity (Wildman–Crippen MR) is 104 cm³/mol. The van der Waals surface area contributed by atoms with Crippen molar-refractivity contribution in [1.82, 2.24) is 15.5 Å². The molecule has 2 rings (SSSR count). The van der Waals surface area contributed by atoms with Gasteiger partial charge in [0.15, 0.2) is 5.96 Å². The van der Waals surface area contributed by atoms with E-state index in [1.54, 1.807) is 0 Å². The van der Waals surface area contributed by atoms with Gasteiger partial charge in [-0.2, -0.15) is 0 Å². The average Bonchev–Trinajstić information content (AvgIpc) is 2.64. The molecule has 0 radical (unpaired) electrons. The van der Waals surface area contributed by atoms with Gasteiger partial charge in [-0.1, -0.05) is 18.2 Å². The molecule has 26 heavy (non-hydrogen) atoms. The van der Waals surface area contributed by atoms with Gasteiger partial charge in [-0.15, -0.1) is 0 Å². The zero-order valence-corrected chi connectivity index (χ0v) is 15.9. The van der Waals surface area contributed by atoms with Crippen LogP contribution in [0.1, 0.15) is 13.8 Å². The molecule has 3 N–H and O–H groups in total. The van der Waals surface area contributed by atoms with E-state index in [1.165, 1.54) is 0 Å². The first-order valence-electron chi connectivity index (χ1n) is 9.31. The van der Waals surface area contributed by atoms with Crippen LogP contribution < -0.4 is 15.4 Å². The molecule has 7 nitrogen and oxygen atoms in total. The summed E-state index contributed by atoms with van der Waals surface area (Å²) in [6.45, 7) is 9.87. The number of aliphatic imine (C=N–C) groups is 1. The summed E-state index contributed by atoms with van der Waals surface area (Å²) < 4.78 is 11.0. The Kier molecular flexibility index (Phi) is 8.67. The lowest BCUT2D eigenvalue weighted by Gasteiger charge is -2.33. The maximum Gasteiger partial charge on any atom is 0.191 e. The molecule has 0 aromatic heterocycles. The van der Waals surface area contributed by atoms with Crippen LogP contribution in [0, 0.1) is 0 Å². The predicted octanol–water partition coefficient (Wildman–Crippen LogP) is 0.704. The number of ether oxygens (including phenoxy) is 2. The molecule has 1 unspecified atom stereocenters. The largest absolute Gasteiger partial charge is 0.492 e. The molecule has 146 valence electrons. The first kappa shape index (κ1) is 20.5. The summed E-state index contributed by atoms with van der Waals surface area (Å²) >= 11 is 0. The Balaban J connectivity index is 1.75. The van der Waals surface area contributed by atoms with E-state index in [2.05, 4.69) is 20.5 Å². The number of benzene rings is 1. The van der Waals surface area contributed by atoms with Crippen molar-refractivity contribution in [3.05, 3.63) is 30.3 Å². The Morgan fingerprint density at radius 3 is 2.69 bits per heavy atom. The molecule has 0 amide bonds. The second-order valence-electron chi connectivity index (χ2n) is 6.67. The highest BCUT2D eigenvalue weighted by Gasteiger charge is 2.25. The summed E-state index contributed by atoms with van der Waals surface area (Å²) in [5.41, 5.74) is -0.875. The van der Waals surface area contributed by atoms with Gasteiger partial charge in [0.05, 0.1) is 31.9 Å². The number of morpholine rings is 1. The fraction of sp³-hybridized carbons (Fsp3) is 0.632. The van der Waals surface area contributed by atoms with Gasteiger partial charge in [0, 0.05) is 26.2 Å². The number of hydrogen-bond donors (Lipinski definition) is 3. The smallest absolute Gasteiger partial charge is 0.191 e. The van der Waals surface area contributed by atoms with Gasteiger partial charge in [0.2, 0.25) is 0 Å². The van der Waals surface area contributed by atoms with E-state index in [-0.39, 0.29) is 0 Å². The van der Waals surface area contributed by atoms with Crippen LogP contribution in [0.4, 0.5) is 0 Å². The highest BCUT2D eigenvalue weighted by Crippen LogP contribution is 2.09. The van der Waals surface area contributed by atoms with Crippen LogP contribution in [-0.4, -0.2) is 80.7 Å². The van der Waals surface area contributed by atoms with E-state index in [0.29, 0.717) is 32.2 Å². The van der Waals surface area contributed by atoms with Crippen LogP contribution in [0.15, 0.2) is 35.3 Å². The first-order valence-corrected chi connectivity index (χ1v) is 9.31. The van der Waals surface area contributed by atoms with Crippen LogP contribution in [0.3, 0.4) is 0 Å². The molecule has 1 heterocycles. The van der Waals surface area contributed by atoms with Crippen molar-refractivity contribution in [1.29, 1.82) is 0 Å². The van der Waals surface area contributed by atoms with Gasteiger partial charge in [-0.3, -0.25) is 9.89 Å². The maximum absolute atomic E-state index is 10.6. The Morgan fingerprint density at radius 2 is 2.00 bits per heavy atom. The molecular formula is C19H32N4O3. The van der Waals surface area contributed by atoms with E-state index < -0.39 is 5.60 Å². The number of para-hydroxylation sites is 1. The fourth-order valence-corrected chi connectivity index (χ4v) is 2.74. The second-order valence-corrected chi connectivity index (χ2v) is 6.67. The van der Waals surface area contributed by atoms with Crippen molar-refractivity contribution >= 4 is 5.96 Å². The normalized spacial score (nSPS) is 18.2. The molecule has 1 atom stereocenters. The minimum Gasteiger partial charge on any atom is -0.492 e. The first-order chi connectivity index (χ1) is 12.6. The van der Waals surface area contributed by atoms with Gasteiger partial charge in [-0.25, -0.2) is 0 Å². The van der Waals surface area contributed by atoms with Gasteiger partial charge in [0.1, 0.15) is 12.4 Å². The van der Waals surface area contributed by atoms with E-state index in [9.17, 15) is 5.11 Å². The number of guanidine groups is 1. The van der Waals surface area contributed by atoms with Gasteiger partial charge < -0.3 is 25.2 Å². The van der Waals surface area contributed by atoms with Gasteiger partial charge in [0.25, 0.3) is 0 Å². The summed E-state index contributed by atoms with van der Waals surface area (Å²) in [6.07, 6.45) is 0. The summed E-state index contributed by atoms with van der Waals surface area (Å²) in [5.74, 6) is 1.54. The fourth-order valence-electron chi connectivity index (χ4n) is 2.74. The van der Waals surface area contributed by atoms with E-state index in [1.807, 2.05) is 44.2 Å². The molecule has 1 fully saturated rings. The van der Waals surface area contributed by atoms with E-state index in [0.717, 1.165) is 38.6 Å². The summed E-state index contributed by atoms with van der Waals surface area (Å²) in [7, 11) is 0. The number of nitrogens with one attached hydrogen (secondary N) is 2. The zero-order chi connectivity index (χ0) is 18.7. The highest BCUT2D eigenvalue weighted by atomic mass is 16.5. The van der Waals surface area contributed by atoms with Gasteiger partial charge in [-0.05, 0) is 26.0 Å². The summed E-state index contributed by atoms with van der Waals surface area (Å²) in [6, 6.07) is 9.73. The molecule has 0 aliphatic carbocycles. The third-order valence-electron chi connectivity index (χ3n) is 4.00. The van der Waals surface area contributed by atoms with Gasteiger partial charge >= 0.3 is 0 Å². The molecule has 1 saturated heterocycles. The Morgan fingerprint density at radius 1 is 1.27 bits per heavy atom. The third-order valence-corrected chi connectivity index (χ3v) is 4.00. The molecule has 0 bridgehead atoms. The average molecular weight is 364 g/mol. The second kappa shape index (κ2) is 11.0. The van der Waals surface area contributed by atoms with Crippen LogP contribution in [0.5, 0.6) is 5.75 Å². The minimum atomic E-state index is -0.875. The Bertz CT molecular complexity index is 531. The lowest BCUT2D eigenvalue weighted by Crippen LogP contribution is -2.48.